The molecule has 1 nitrogen and oxygen atoms in total. The Morgan fingerprint density at radius 2 is 1.41 bits per heavy atom. The Morgan fingerprint density at radius 3 is 2.18 bits per heavy atom. The van der Waals surface area contributed by atoms with E-state index in [1.807, 2.05) is 0 Å². The van der Waals surface area contributed by atoms with Gasteiger partial charge in [0, 0.05) is 17.2 Å². The first kappa shape index (κ1) is 27.0. The first-order chi connectivity index (χ1) is 21.3. The number of nitrogens with zero attached hydrogens (tertiary/aromatic N) is 1. The van der Waals surface area contributed by atoms with Gasteiger partial charge in [-0.05, 0) is 131 Å². The molecular formula is C43H47N. The van der Waals surface area contributed by atoms with E-state index in [2.05, 4.69) is 100 Å². The summed E-state index contributed by atoms with van der Waals surface area (Å²) in [6.07, 6.45) is 16.0. The summed E-state index contributed by atoms with van der Waals surface area (Å²) in [5.74, 6) is 0.634. The first-order valence-corrected chi connectivity index (χ1v) is 17.7. The largest absolute Gasteiger partial charge is 0.355 e. The Hall–Kier alpha value is -3.32. The van der Waals surface area contributed by atoms with Crippen LogP contribution in [0.5, 0.6) is 0 Å². The second-order valence-electron chi connectivity index (χ2n) is 15.5. The van der Waals surface area contributed by atoms with Crippen LogP contribution >= 0.6 is 0 Å². The van der Waals surface area contributed by atoms with Crippen LogP contribution in [0.3, 0.4) is 0 Å². The Labute approximate surface area is 264 Å². The number of benzene rings is 4. The molecule has 0 N–H and O–H groups in total. The fourth-order valence-electron chi connectivity index (χ4n) is 11.0. The molecule has 1 atom stereocenters. The average Bonchev–Trinajstić information content (AvgIpc) is 3.29. The fraction of sp³-hybridized carbons (Fsp3) is 0.442. The van der Waals surface area contributed by atoms with Crippen LogP contribution in [0, 0.1) is 12.8 Å². The maximum absolute atomic E-state index is 3.02. The van der Waals surface area contributed by atoms with Crippen molar-refractivity contribution in [2.75, 3.05) is 0 Å². The molecule has 1 spiro atoms. The highest BCUT2D eigenvalue weighted by atomic mass is 15.3. The third kappa shape index (κ3) is 3.32. The Morgan fingerprint density at radius 1 is 0.682 bits per heavy atom. The van der Waals surface area contributed by atoms with E-state index in [0.717, 1.165) is 0 Å². The SMILES string of the molecule is CC1=CC(C)=C(C2CCCCC2)C2(c3cc4ccc(C)cc4c4c3-c3c2ccc2cccc(c32)C4(C)C)N1C1CCCCC1. The Balaban J connectivity index is 1.51. The molecule has 0 bridgehead atoms. The van der Waals surface area contributed by atoms with E-state index in [-0.39, 0.29) is 11.0 Å². The van der Waals surface area contributed by atoms with Gasteiger partial charge in [-0.2, -0.15) is 0 Å². The van der Waals surface area contributed by atoms with Gasteiger partial charge < -0.3 is 4.90 Å². The molecule has 2 saturated carbocycles. The summed E-state index contributed by atoms with van der Waals surface area (Å²) in [4.78, 5) is 3.02. The van der Waals surface area contributed by atoms with Gasteiger partial charge in [0.25, 0.3) is 0 Å². The van der Waals surface area contributed by atoms with E-state index >= 15 is 0 Å². The molecule has 1 heteroatoms. The van der Waals surface area contributed by atoms with Gasteiger partial charge >= 0.3 is 0 Å². The zero-order valence-electron chi connectivity index (χ0n) is 27.4. The van der Waals surface area contributed by atoms with Gasteiger partial charge in [0.05, 0.1) is 0 Å². The minimum Gasteiger partial charge on any atom is -0.355 e. The summed E-state index contributed by atoms with van der Waals surface area (Å²) in [6, 6.07) is 22.7. The smallest absolute Gasteiger partial charge is 0.114 e. The lowest BCUT2D eigenvalue weighted by atomic mass is 9.65. The fourth-order valence-corrected chi connectivity index (χ4v) is 11.0. The maximum Gasteiger partial charge on any atom is 0.114 e. The van der Waals surface area contributed by atoms with E-state index in [0.29, 0.717) is 12.0 Å². The van der Waals surface area contributed by atoms with Crippen molar-refractivity contribution in [1.82, 2.24) is 4.90 Å². The highest BCUT2D eigenvalue weighted by Crippen LogP contribution is 2.67. The van der Waals surface area contributed by atoms with Crippen molar-refractivity contribution >= 4 is 21.5 Å². The summed E-state index contributed by atoms with van der Waals surface area (Å²) in [5, 5.41) is 5.79. The van der Waals surface area contributed by atoms with Crippen molar-refractivity contribution in [2.24, 2.45) is 5.92 Å². The van der Waals surface area contributed by atoms with Gasteiger partial charge in [-0.1, -0.05) is 106 Å². The van der Waals surface area contributed by atoms with Gasteiger partial charge in [0.2, 0.25) is 0 Å². The number of allylic oxidation sites excluding steroid dienone is 3. The quantitative estimate of drug-likeness (QED) is 0.229. The lowest BCUT2D eigenvalue weighted by Gasteiger charge is -2.55. The molecule has 9 rings (SSSR count). The van der Waals surface area contributed by atoms with Crippen molar-refractivity contribution in [3.63, 3.8) is 0 Å². The molecule has 1 unspecified atom stereocenters. The second kappa shape index (κ2) is 9.35. The molecule has 0 radical (unpaired) electrons. The Bertz CT molecular complexity index is 1940. The number of hydrogen-bond acceptors (Lipinski definition) is 1. The molecule has 44 heavy (non-hydrogen) atoms. The summed E-state index contributed by atoms with van der Waals surface area (Å²) in [6.45, 7) is 12.2. The van der Waals surface area contributed by atoms with Crippen LogP contribution in [0.1, 0.15) is 120 Å². The van der Waals surface area contributed by atoms with Crippen LogP contribution in [0.2, 0.25) is 0 Å². The molecule has 0 amide bonds. The highest BCUT2D eigenvalue weighted by molar-refractivity contribution is 6.12. The van der Waals surface area contributed by atoms with Crippen molar-refractivity contribution in [3.8, 4) is 11.1 Å². The van der Waals surface area contributed by atoms with Crippen LogP contribution in [-0.4, -0.2) is 10.9 Å². The predicted octanol–water partition coefficient (Wildman–Crippen LogP) is 11.6. The lowest BCUT2D eigenvalue weighted by Crippen LogP contribution is -2.55. The average molecular weight is 578 g/mol. The van der Waals surface area contributed by atoms with Crippen LogP contribution in [0.15, 0.2) is 77.5 Å². The summed E-state index contributed by atoms with van der Waals surface area (Å²) < 4.78 is 0. The first-order valence-electron chi connectivity index (χ1n) is 17.7. The second-order valence-corrected chi connectivity index (χ2v) is 15.5. The predicted molar refractivity (Wildman–Crippen MR) is 186 cm³/mol. The third-order valence-corrected chi connectivity index (χ3v) is 12.6. The van der Waals surface area contributed by atoms with Crippen molar-refractivity contribution in [3.05, 3.63) is 105 Å². The van der Waals surface area contributed by atoms with Gasteiger partial charge in [0.1, 0.15) is 5.54 Å². The highest BCUT2D eigenvalue weighted by Gasteiger charge is 2.58. The minimum absolute atomic E-state index is 0.0902. The van der Waals surface area contributed by atoms with Crippen LogP contribution in [-0.2, 0) is 11.0 Å². The molecule has 1 aliphatic heterocycles. The number of hydrogen-bond donors (Lipinski definition) is 0. The molecule has 2 fully saturated rings. The van der Waals surface area contributed by atoms with Gasteiger partial charge in [0.15, 0.2) is 0 Å². The van der Waals surface area contributed by atoms with Gasteiger partial charge in [-0.25, -0.2) is 0 Å². The van der Waals surface area contributed by atoms with E-state index in [4.69, 9.17) is 0 Å². The van der Waals surface area contributed by atoms with E-state index < -0.39 is 0 Å². The van der Waals surface area contributed by atoms with E-state index in [1.165, 1.54) is 108 Å². The van der Waals surface area contributed by atoms with Crippen LogP contribution in [0.4, 0.5) is 0 Å². The zero-order valence-corrected chi connectivity index (χ0v) is 27.4. The summed E-state index contributed by atoms with van der Waals surface area (Å²) in [7, 11) is 0. The molecule has 4 aliphatic carbocycles. The maximum atomic E-state index is 3.02. The van der Waals surface area contributed by atoms with Gasteiger partial charge in [-0.15, -0.1) is 0 Å². The number of fused-ring (bicyclic) bond motifs is 4. The number of aryl methyl sites for hydroxylation is 1. The summed E-state index contributed by atoms with van der Waals surface area (Å²) in [5.41, 5.74) is 15.1. The Kier molecular flexibility index (Phi) is 5.74. The topological polar surface area (TPSA) is 3.24 Å². The van der Waals surface area contributed by atoms with Gasteiger partial charge in [-0.3, -0.25) is 0 Å². The van der Waals surface area contributed by atoms with Crippen LogP contribution < -0.4 is 0 Å². The molecule has 4 aromatic rings. The van der Waals surface area contributed by atoms with Crippen molar-refractivity contribution < 1.29 is 0 Å². The van der Waals surface area contributed by atoms with Crippen molar-refractivity contribution in [2.45, 2.75) is 116 Å². The molecular weight excluding hydrogens is 530 g/mol. The third-order valence-electron chi connectivity index (χ3n) is 12.6. The number of rotatable bonds is 2. The standard InChI is InChI=1S/C43H47N/c1-26-19-20-31-25-36-39-38-35(22-21-29-15-12-18-34(37(29)38)42(4,5)41(39)33(31)23-26)43(36)40(30-13-8-6-9-14-30)27(2)24-28(3)44(43)32-16-10-7-11-17-32/h12,15,18-25,30,32H,6-11,13-14,16-17H2,1-5H3. The molecule has 0 saturated heterocycles. The van der Waals surface area contributed by atoms with E-state index in [9.17, 15) is 0 Å². The molecule has 1 heterocycles. The zero-order chi connectivity index (χ0) is 30.0. The lowest BCUT2D eigenvalue weighted by molar-refractivity contribution is 0.0993. The van der Waals surface area contributed by atoms with Crippen LogP contribution in [0.25, 0.3) is 32.7 Å². The molecule has 4 aromatic carbocycles. The normalized spacial score (nSPS) is 24.6. The monoisotopic (exact) mass is 577 g/mol. The molecule has 0 aromatic heterocycles. The molecule has 224 valence electrons. The molecule has 5 aliphatic rings. The summed E-state index contributed by atoms with van der Waals surface area (Å²) >= 11 is 0. The van der Waals surface area contributed by atoms with E-state index in [1.54, 1.807) is 33.4 Å². The van der Waals surface area contributed by atoms with Crippen molar-refractivity contribution in [1.29, 1.82) is 0 Å². The minimum atomic E-state index is -0.243.